The van der Waals surface area contributed by atoms with Crippen LogP contribution in [0.4, 0.5) is 11.5 Å². The van der Waals surface area contributed by atoms with Crippen molar-refractivity contribution in [1.29, 1.82) is 0 Å². The van der Waals surface area contributed by atoms with E-state index in [-0.39, 0.29) is 5.91 Å². The highest BCUT2D eigenvalue weighted by atomic mass is 16.5. The van der Waals surface area contributed by atoms with Crippen molar-refractivity contribution in [2.75, 3.05) is 69.8 Å². The standard InChI is InChI=1S/C28H36N8O3/c1-4-25(37)34-12-14-35(15-13-34)27-20-9-11-36(26-21-16-29-32-22(21)7-8-24(26)38-3)17-23(20)30-28(31-27)39-18-19-6-5-10-33(19)2/h4,7-8,16,19H,1,5-6,9-15,17-18H2,2-3H3,(H,29,32). The zero-order valence-electron chi connectivity index (χ0n) is 22.7. The minimum atomic E-state index is -0.0258. The van der Waals surface area contributed by atoms with Crippen LogP contribution in [-0.4, -0.2) is 102 Å². The third-order valence-electron chi connectivity index (χ3n) is 8.26. The van der Waals surface area contributed by atoms with Gasteiger partial charge in [-0.2, -0.15) is 15.1 Å². The summed E-state index contributed by atoms with van der Waals surface area (Å²) in [7, 11) is 3.84. The van der Waals surface area contributed by atoms with Crippen molar-refractivity contribution in [3.05, 3.63) is 42.2 Å². The highest BCUT2D eigenvalue weighted by molar-refractivity contribution is 5.95. The average Bonchev–Trinajstić information content (AvgIpc) is 3.63. The Kier molecular flexibility index (Phi) is 6.99. The number of anilines is 2. The van der Waals surface area contributed by atoms with Crippen LogP contribution in [0.2, 0.25) is 0 Å². The lowest BCUT2D eigenvalue weighted by molar-refractivity contribution is -0.126. The lowest BCUT2D eigenvalue weighted by Crippen LogP contribution is -2.49. The fourth-order valence-electron chi connectivity index (χ4n) is 6.01. The second kappa shape index (κ2) is 10.7. The Morgan fingerprint density at radius 3 is 2.74 bits per heavy atom. The molecule has 0 spiro atoms. The molecule has 3 aliphatic heterocycles. The molecule has 0 radical (unpaired) electrons. The van der Waals surface area contributed by atoms with Crippen molar-refractivity contribution in [3.63, 3.8) is 0 Å². The highest BCUT2D eigenvalue weighted by Crippen LogP contribution is 2.39. The van der Waals surface area contributed by atoms with Gasteiger partial charge >= 0.3 is 6.01 Å². The number of H-pyrrole nitrogens is 1. The molecule has 2 fully saturated rings. The third-order valence-corrected chi connectivity index (χ3v) is 8.26. The number of methoxy groups -OCH3 is 1. The third kappa shape index (κ3) is 4.87. The van der Waals surface area contributed by atoms with E-state index in [4.69, 9.17) is 19.4 Å². The lowest BCUT2D eigenvalue weighted by Gasteiger charge is -2.38. The maximum atomic E-state index is 12.1. The van der Waals surface area contributed by atoms with Gasteiger partial charge in [-0.05, 0) is 51.1 Å². The number of likely N-dealkylation sites (N-methyl/N-ethyl adjacent to an activating group) is 1. The molecule has 39 heavy (non-hydrogen) atoms. The smallest absolute Gasteiger partial charge is 0.318 e. The summed E-state index contributed by atoms with van der Waals surface area (Å²) in [6.45, 7) is 9.40. The van der Waals surface area contributed by atoms with Crippen molar-refractivity contribution >= 4 is 28.3 Å². The first-order valence-corrected chi connectivity index (χ1v) is 13.7. The first kappa shape index (κ1) is 25.4. The molecule has 1 N–H and O–H groups in total. The molecule has 0 aliphatic carbocycles. The Balaban J connectivity index is 1.32. The van der Waals surface area contributed by atoms with E-state index in [1.54, 1.807) is 7.11 Å². The summed E-state index contributed by atoms with van der Waals surface area (Å²) in [6.07, 6.45) is 6.34. The zero-order chi connectivity index (χ0) is 26.9. The molecule has 1 unspecified atom stereocenters. The molecule has 11 heteroatoms. The Labute approximate surface area is 228 Å². The molecular weight excluding hydrogens is 496 g/mol. The van der Waals surface area contributed by atoms with Gasteiger partial charge in [0.15, 0.2) is 0 Å². The first-order valence-electron chi connectivity index (χ1n) is 13.7. The SMILES string of the molecule is C=CC(=O)N1CCN(c2nc(OCC3CCCN3C)nc3c2CCN(c2c(OC)ccc4[nH]ncc24)C3)CC1. The fraction of sp³-hybridized carbons (Fsp3) is 0.500. The summed E-state index contributed by atoms with van der Waals surface area (Å²) < 4.78 is 12.0. The van der Waals surface area contributed by atoms with Crippen molar-refractivity contribution in [2.24, 2.45) is 0 Å². The van der Waals surface area contributed by atoms with Crippen LogP contribution in [0.25, 0.3) is 10.9 Å². The molecule has 6 rings (SSSR count). The number of aromatic nitrogens is 4. The number of benzene rings is 1. The van der Waals surface area contributed by atoms with E-state index < -0.39 is 0 Å². The molecule has 1 aromatic carbocycles. The van der Waals surface area contributed by atoms with Crippen LogP contribution in [-0.2, 0) is 17.8 Å². The minimum Gasteiger partial charge on any atom is -0.495 e. The monoisotopic (exact) mass is 532 g/mol. The van der Waals surface area contributed by atoms with E-state index in [1.165, 1.54) is 12.5 Å². The summed E-state index contributed by atoms with van der Waals surface area (Å²) >= 11 is 0. The van der Waals surface area contributed by atoms with E-state index in [0.29, 0.717) is 51.4 Å². The van der Waals surface area contributed by atoms with Gasteiger partial charge in [-0.1, -0.05) is 6.58 Å². The number of piperazine rings is 1. The molecule has 3 aromatic rings. The summed E-state index contributed by atoms with van der Waals surface area (Å²) in [5, 5.41) is 8.36. The summed E-state index contributed by atoms with van der Waals surface area (Å²) in [5.74, 6) is 1.71. The number of carbonyl (C=O) groups excluding carboxylic acids is 1. The number of aromatic amines is 1. The van der Waals surface area contributed by atoms with Crippen LogP contribution in [0.1, 0.15) is 24.1 Å². The Morgan fingerprint density at radius 1 is 1.15 bits per heavy atom. The second-order valence-corrected chi connectivity index (χ2v) is 10.5. The number of amides is 1. The Hall–Kier alpha value is -3.86. The summed E-state index contributed by atoms with van der Waals surface area (Å²) in [5.41, 5.74) is 4.10. The van der Waals surface area contributed by atoms with Gasteiger partial charge in [-0.3, -0.25) is 9.89 Å². The number of hydrogen-bond donors (Lipinski definition) is 1. The minimum absolute atomic E-state index is 0.0258. The molecule has 11 nitrogen and oxygen atoms in total. The van der Waals surface area contributed by atoms with Gasteiger partial charge in [0, 0.05) is 49.7 Å². The molecule has 2 saturated heterocycles. The number of hydrogen-bond acceptors (Lipinski definition) is 9. The topological polar surface area (TPSA) is 103 Å². The van der Waals surface area contributed by atoms with Gasteiger partial charge in [0.2, 0.25) is 5.91 Å². The Bertz CT molecular complexity index is 1370. The van der Waals surface area contributed by atoms with Crippen LogP contribution in [0.3, 0.4) is 0 Å². The molecule has 0 bridgehead atoms. The number of carbonyl (C=O) groups is 1. The van der Waals surface area contributed by atoms with Crippen molar-refractivity contribution in [2.45, 2.75) is 31.8 Å². The molecule has 3 aliphatic rings. The normalized spacial score (nSPS) is 19.8. The first-order chi connectivity index (χ1) is 19.1. The maximum absolute atomic E-state index is 12.1. The Morgan fingerprint density at radius 2 is 2.00 bits per heavy atom. The number of rotatable bonds is 7. The van der Waals surface area contributed by atoms with Crippen molar-refractivity contribution in [3.8, 4) is 11.8 Å². The largest absolute Gasteiger partial charge is 0.495 e. The van der Waals surface area contributed by atoms with E-state index >= 15 is 0 Å². The van der Waals surface area contributed by atoms with E-state index in [2.05, 4.69) is 38.5 Å². The van der Waals surface area contributed by atoms with Crippen molar-refractivity contribution < 1.29 is 14.3 Å². The second-order valence-electron chi connectivity index (χ2n) is 10.5. The van der Waals surface area contributed by atoms with Crippen LogP contribution in [0.15, 0.2) is 31.0 Å². The van der Waals surface area contributed by atoms with Gasteiger partial charge in [0.1, 0.15) is 18.2 Å². The van der Waals surface area contributed by atoms with Crippen LogP contribution in [0, 0.1) is 0 Å². The molecule has 206 valence electrons. The van der Waals surface area contributed by atoms with Gasteiger partial charge < -0.3 is 29.1 Å². The van der Waals surface area contributed by atoms with E-state index in [1.807, 2.05) is 23.2 Å². The maximum Gasteiger partial charge on any atom is 0.318 e. The quantitative estimate of drug-likeness (QED) is 0.459. The zero-order valence-corrected chi connectivity index (χ0v) is 22.7. The van der Waals surface area contributed by atoms with Gasteiger partial charge in [0.05, 0.1) is 36.7 Å². The van der Waals surface area contributed by atoms with Crippen LogP contribution >= 0.6 is 0 Å². The molecule has 1 atom stereocenters. The molecule has 1 amide bonds. The number of nitrogens with zero attached hydrogens (tertiary/aromatic N) is 7. The van der Waals surface area contributed by atoms with Gasteiger partial charge in [0.25, 0.3) is 0 Å². The van der Waals surface area contributed by atoms with Gasteiger partial charge in [-0.15, -0.1) is 0 Å². The predicted molar refractivity (Wildman–Crippen MR) is 150 cm³/mol. The fourth-order valence-corrected chi connectivity index (χ4v) is 6.01. The predicted octanol–water partition coefficient (Wildman–Crippen LogP) is 2.23. The molecule has 2 aromatic heterocycles. The van der Waals surface area contributed by atoms with Gasteiger partial charge in [-0.25, -0.2) is 0 Å². The molecular formula is C28H36N8O3. The highest BCUT2D eigenvalue weighted by Gasteiger charge is 2.30. The average molecular weight is 533 g/mol. The number of fused-ring (bicyclic) bond motifs is 2. The number of nitrogens with one attached hydrogen (secondary N) is 1. The van der Waals surface area contributed by atoms with E-state index in [9.17, 15) is 4.79 Å². The van der Waals surface area contributed by atoms with Crippen molar-refractivity contribution in [1.82, 2.24) is 30.0 Å². The van der Waals surface area contributed by atoms with E-state index in [0.717, 1.165) is 65.3 Å². The molecule has 5 heterocycles. The lowest BCUT2D eigenvalue weighted by atomic mass is 10.0. The molecule has 0 saturated carbocycles. The van der Waals surface area contributed by atoms with Crippen LogP contribution < -0.4 is 19.3 Å². The summed E-state index contributed by atoms with van der Waals surface area (Å²) in [6, 6.07) is 4.77. The van der Waals surface area contributed by atoms with Crippen LogP contribution in [0.5, 0.6) is 11.8 Å². The number of ether oxygens (including phenoxy) is 2. The summed E-state index contributed by atoms with van der Waals surface area (Å²) in [4.78, 5) is 30.8. The number of likely N-dealkylation sites (tertiary alicyclic amines) is 1.